The molecule has 4 N–H and O–H groups in total. The number of nitrogens with one attached hydrogen (secondary N) is 1. The van der Waals surface area contributed by atoms with E-state index >= 15 is 0 Å². The standard InChI is InChI=1S/C11H16N2O2/c1-7(12)11(14)8-2-3-10-9(6-8)13-4-5-15-10/h2-3,6-7,11,13-14H,4-5,12H2,1H3. The third-order valence-corrected chi connectivity index (χ3v) is 2.52. The zero-order valence-electron chi connectivity index (χ0n) is 8.73. The average Bonchev–Trinajstić information content (AvgIpc) is 2.27. The molecule has 2 unspecified atom stereocenters. The number of ether oxygens (including phenoxy) is 1. The van der Waals surface area contributed by atoms with Crippen LogP contribution < -0.4 is 15.8 Å². The van der Waals surface area contributed by atoms with E-state index in [4.69, 9.17) is 10.5 Å². The molecule has 4 nitrogen and oxygen atoms in total. The molecular weight excluding hydrogens is 192 g/mol. The molecule has 0 aliphatic carbocycles. The van der Waals surface area contributed by atoms with Gasteiger partial charge in [-0.25, -0.2) is 0 Å². The number of aliphatic hydroxyl groups is 1. The molecule has 15 heavy (non-hydrogen) atoms. The molecule has 1 aliphatic heterocycles. The summed E-state index contributed by atoms with van der Waals surface area (Å²) in [5.74, 6) is 0.835. The van der Waals surface area contributed by atoms with E-state index in [0.29, 0.717) is 6.61 Å². The maximum atomic E-state index is 9.81. The molecule has 0 bridgehead atoms. The number of fused-ring (bicyclic) bond motifs is 1. The van der Waals surface area contributed by atoms with Gasteiger partial charge in [0, 0.05) is 12.6 Å². The van der Waals surface area contributed by atoms with Crippen LogP contribution in [-0.4, -0.2) is 24.3 Å². The van der Waals surface area contributed by atoms with Crippen LogP contribution in [-0.2, 0) is 0 Å². The fourth-order valence-corrected chi connectivity index (χ4v) is 1.65. The Morgan fingerprint density at radius 1 is 1.53 bits per heavy atom. The van der Waals surface area contributed by atoms with Gasteiger partial charge in [-0.1, -0.05) is 6.07 Å². The van der Waals surface area contributed by atoms with E-state index in [1.807, 2.05) is 18.2 Å². The quantitative estimate of drug-likeness (QED) is 0.674. The first-order valence-corrected chi connectivity index (χ1v) is 5.13. The van der Waals surface area contributed by atoms with Gasteiger partial charge in [-0.2, -0.15) is 0 Å². The minimum Gasteiger partial charge on any atom is -0.490 e. The maximum Gasteiger partial charge on any atom is 0.142 e. The Balaban J connectivity index is 2.27. The topological polar surface area (TPSA) is 67.5 Å². The minimum atomic E-state index is -0.626. The van der Waals surface area contributed by atoms with Gasteiger partial charge in [0.15, 0.2) is 0 Å². The van der Waals surface area contributed by atoms with Crippen molar-refractivity contribution in [1.82, 2.24) is 0 Å². The lowest BCUT2D eigenvalue weighted by Crippen LogP contribution is -2.25. The molecule has 1 aromatic carbocycles. The number of aliphatic hydroxyl groups excluding tert-OH is 1. The van der Waals surface area contributed by atoms with Crippen molar-refractivity contribution in [3.63, 3.8) is 0 Å². The molecule has 0 saturated heterocycles. The van der Waals surface area contributed by atoms with E-state index in [1.165, 1.54) is 0 Å². The largest absolute Gasteiger partial charge is 0.490 e. The molecule has 0 spiro atoms. The molecule has 0 amide bonds. The first-order valence-electron chi connectivity index (χ1n) is 5.13. The van der Waals surface area contributed by atoms with Crippen LogP contribution in [0.3, 0.4) is 0 Å². The van der Waals surface area contributed by atoms with Crippen molar-refractivity contribution >= 4 is 5.69 Å². The third kappa shape index (κ3) is 2.06. The molecular formula is C11H16N2O2. The first-order chi connectivity index (χ1) is 7.18. The molecule has 2 rings (SSSR count). The second-order valence-corrected chi connectivity index (χ2v) is 3.83. The van der Waals surface area contributed by atoms with E-state index < -0.39 is 6.10 Å². The fraction of sp³-hybridized carbons (Fsp3) is 0.455. The Labute approximate surface area is 89.0 Å². The summed E-state index contributed by atoms with van der Waals surface area (Å²) in [7, 11) is 0. The van der Waals surface area contributed by atoms with Crippen molar-refractivity contribution in [2.24, 2.45) is 5.73 Å². The summed E-state index contributed by atoms with van der Waals surface area (Å²) in [6, 6.07) is 5.33. The highest BCUT2D eigenvalue weighted by Gasteiger charge is 2.16. The predicted molar refractivity (Wildman–Crippen MR) is 59.0 cm³/mol. The van der Waals surface area contributed by atoms with Gasteiger partial charge in [-0.05, 0) is 24.6 Å². The molecule has 0 fully saturated rings. The number of anilines is 1. The van der Waals surface area contributed by atoms with Crippen LogP contribution in [0.2, 0.25) is 0 Å². The van der Waals surface area contributed by atoms with Crippen molar-refractivity contribution < 1.29 is 9.84 Å². The van der Waals surface area contributed by atoms with Gasteiger partial charge in [0.05, 0.1) is 11.8 Å². The Hall–Kier alpha value is -1.26. The highest BCUT2D eigenvalue weighted by molar-refractivity contribution is 5.59. The van der Waals surface area contributed by atoms with Crippen molar-refractivity contribution in [2.75, 3.05) is 18.5 Å². The second kappa shape index (κ2) is 4.08. The Kier molecular flexibility index (Phi) is 2.79. The lowest BCUT2D eigenvalue weighted by Gasteiger charge is -2.22. The number of rotatable bonds is 2. The number of benzene rings is 1. The Bertz CT molecular complexity index is 352. The van der Waals surface area contributed by atoms with E-state index in [2.05, 4.69) is 5.32 Å². The lowest BCUT2D eigenvalue weighted by atomic mass is 10.0. The average molecular weight is 208 g/mol. The van der Waals surface area contributed by atoms with E-state index in [-0.39, 0.29) is 6.04 Å². The zero-order chi connectivity index (χ0) is 10.8. The molecule has 0 aromatic heterocycles. The van der Waals surface area contributed by atoms with Gasteiger partial charge in [0.25, 0.3) is 0 Å². The molecule has 0 radical (unpaired) electrons. The molecule has 1 aromatic rings. The van der Waals surface area contributed by atoms with E-state index in [0.717, 1.165) is 23.5 Å². The Morgan fingerprint density at radius 3 is 3.07 bits per heavy atom. The van der Waals surface area contributed by atoms with Crippen LogP contribution in [0.4, 0.5) is 5.69 Å². The van der Waals surface area contributed by atoms with Crippen molar-refractivity contribution in [3.8, 4) is 5.75 Å². The summed E-state index contributed by atoms with van der Waals surface area (Å²) in [6.07, 6.45) is -0.626. The summed E-state index contributed by atoms with van der Waals surface area (Å²) in [5, 5.41) is 13.0. The molecule has 1 heterocycles. The third-order valence-electron chi connectivity index (χ3n) is 2.52. The molecule has 0 saturated carbocycles. The normalized spacial score (nSPS) is 18.3. The predicted octanol–water partition coefficient (Wildman–Crippen LogP) is 0.872. The summed E-state index contributed by atoms with van der Waals surface area (Å²) in [4.78, 5) is 0. The van der Waals surface area contributed by atoms with Crippen LogP contribution in [0.5, 0.6) is 5.75 Å². The minimum absolute atomic E-state index is 0.271. The maximum absolute atomic E-state index is 9.81. The van der Waals surface area contributed by atoms with Crippen molar-refractivity contribution in [3.05, 3.63) is 23.8 Å². The smallest absolute Gasteiger partial charge is 0.142 e. The fourth-order valence-electron chi connectivity index (χ4n) is 1.65. The highest BCUT2D eigenvalue weighted by atomic mass is 16.5. The van der Waals surface area contributed by atoms with Crippen LogP contribution in [0.1, 0.15) is 18.6 Å². The van der Waals surface area contributed by atoms with Gasteiger partial charge >= 0.3 is 0 Å². The second-order valence-electron chi connectivity index (χ2n) is 3.83. The van der Waals surface area contributed by atoms with Crippen LogP contribution in [0.15, 0.2) is 18.2 Å². The van der Waals surface area contributed by atoms with Crippen molar-refractivity contribution in [2.45, 2.75) is 19.1 Å². The molecule has 1 aliphatic rings. The molecule has 82 valence electrons. The monoisotopic (exact) mass is 208 g/mol. The zero-order valence-corrected chi connectivity index (χ0v) is 8.73. The number of hydrogen-bond donors (Lipinski definition) is 3. The lowest BCUT2D eigenvalue weighted by molar-refractivity contribution is 0.153. The van der Waals surface area contributed by atoms with Gasteiger partial charge in [0.2, 0.25) is 0 Å². The van der Waals surface area contributed by atoms with Gasteiger partial charge in [0.1, 0.15) is 12.4 Å². The van der Waals surface area contributed by atoms with E-state index in [1.54, 1.807) is 6.92 Å². The number of hydrogen-bond acceptors (Lipinski definition) is 4. The highest BCUT2D eigenvalue weighted by Crippen LogP contribution is 2.30. The van der Waals surface area contributed by atoms with Gasteiger partial charge in [-0.3, -0.25) is 0 Å². The van der Waals surface area contributed by atoms with Crippen LogP contribution >= 0.6 is 0 Å². The first kappa shape index (κ1) is 10.3. The van der Waals surface area contributed by atoms with Crippen LogP contribution in [0, 0.1) is 0 Å². The molecule has 4 heteroatoms. The summed E-state index contributed by atoms with van der Waals surface area (Å²) < 4.78 is 5.44. The van der Waals surface area contributed by atoms with E-state index in [9.17, 15) is 5.11 Å². The SMILES string of the molecule is CC(N)C(O)c1ccc2c(c1)NCCO2. The van der Waals surface area contributed by atoms with Gasteiger partial charge in [-0.15, -0.1) is 0 Å². The number of nitrogens with two attached hydrogens (primary N) is 1. The Morgan fingerprint density at radius 2 is 2.33 bits per heavy atom. The van der Waals surface area contributed by atoms with Crippen LogP contribution in [0.25, 0.3) is 0 Å². The van der Waals surface area contributed by atoms with Gasteiger partial charge < -0.3 is 20.9 Å². The summed E-state index contributed by atoms with van der Waals surface area (Å²) in [6.45, 7) is 3.26. The summed E-state index contributed by atoms with van der Waals surface area (Å²) >= 11 is 0. The summed E-state index contributed by atoms with van der Waals surface area (Å²) in [5.41, 5.74) is 7.39. The molecule has 2 atom stereocenters. The van der Waals surface area contributed by atoms with Crippen molar-refractivity contribution in [1.29, 1.82) is 0 Å².